The smallest absolute Gasteiger partial charge is 0.338 e. The number of hydrogen-bond acceptors (Lipinski definition) is 4. The van der Waals surface area contributed by atoms with E-state index in [1.54, 1.807) is 18.2 Å². The first-order chi connectivity index (χ1) is 12.4. The first-order valence-corrected chi connectivity index (χ1v) is 9.24. The van der Waals surface area contributed by atoms with Gasteiger partial charge in [0.05, 0.1) is 5.56 Å². The van der Waals surface area contributed by atoms with Crippen molar-refractivity contribution in [3.05, 3.63) is 29.8 Å². The van der Waals surface area contributed by atoms with Crippen molar-refractivity contribution >= 4 is 23.5 Å². The van der Waals surface area contributed by atoms with Crippen molar-refractivity contribution < 1.29 is 19.1 Å². The lowest BCUT2D eigenvalue weighted by Gasteiger charge is -2.37. The lowest BCUT2D eigenvalue weighted by Crippen LogP contribution is -2.47. The van der Waals surface area contributed by atoms with Crippen LogP contribution in [-0.2, 0) is 14.3 Å². The fourth-order valence-electron chi connectivity index (χ4n) is 3.48. The Morgan fingerprint density at radius 2 is 1.88 bits per heavy atom. The first kappa shape index (κ1) is 19.9. The SMILES string of the molecule is CC(=O)Nc1cccc(C(=O)OCC(=O)N(C(C)C)C2CCCCC2)c1. The van der Waals surface area contributed by atoms with E-state index in [1.165, 1.54) is 19.4 Å². The highest BCUT2D eigenvalue weighted by Crippen LogP contribution is 2.24. The Balaban J connectivity index is 1.96. The number of amides is 2. The van der Waals surface area contributed by atoms with Gasteiger partial charge in [0, 0.05) is 24.7 Å². The minimum atomic E-state index is -0.571. The summed E-state index contributed by atoms with van der Waals surface area (Å²) < 4.78 is 5.23. The maximum Gasteiger partial charge on any atom is 0.338 e. The van der Waals surface area contributed by atoms with Crippen LogP contribution in [-0.4, -0.2) is 41.4 Å². The molecule has 0 aromatic heterocycles. The van der Waals surface area contributed by atoms with Gasteiger partial charge in [-0.25, -0.2) is 4.79 Å². The summed E-state index contributed by atoms with van der Waals surface area (Å²) in [5, 5.41) is 2.62. The Morgan fingerprint density at radius 1 is 1.19 bits per heavy atom. The average Bonchev–Trinajstić information content (AvgIpc) is 2.60. The summed E-state index contributed by atoms with van der Waals surface area (Å²) in [6, 6.07) is 6.79. The van der Waals surface area contributed by atoms with Gasteiger partial charge in [-0.1, -0.05) is 25.3 Å². The number of esters is 1. The maximum atomic E-state index is 12.6. The number of anilines is 1. The third-order valence-electron chi connectivity index (χ3n) is 4.56. The zero-order valence-corrected chi connectivity index (χ0v) is 15.8. The van der Waals surface area contributed by atoms with E-state index in [2.05, 4.69) is 5.32 Å². The summed E-state index contributed by atoms with van der Waals surface area (Å²) in [5.74, 6) is -0.943. The summed E-state index contributed by atoms with van der Waals surface area (Å²) in [5.41, 5.74) is 0.821. The highest BCUT2D eigenvalue weighted by molar-refractivity contribution is 5.94. The van der Waals surface area contributed by atoms with E-state index < -0.39 is 5.97 Å². The van der Waals surface area contributed by atoms with Gasteiger partial charge in [-0.2, -0.15) is 0 Å². The average molecular weight is 360 g/mol. The van der Waals surface area contributed by atoms with Crippen molar-refractivity contribution in [3.63, 3.8) is 0 Å². The fourth-order valence-corrected chi connectivity index (χ4v) is 3.48. The van der Waals surface area contributed by atoms with Crippen LogP contribution in [0.25, 0.3) is 0 Å². The molecule has 1 aliphatic rings. The normalized spacial score (nSPS) is 14.8. The second-order valence-electron chi connectivity index (χ2n) is 7.02. The molecule has 0 heterocycles. The summed E-state index contributed by atoms with van der Waals surface area (Å²) in [6.07, 6.45) is 5.51. The van der Waals surface area contributed by atoms with Crippen LogP contribution in [0.4, 0.5) is 5.69 Å². The van der Waals surface area contributed by atoms with Gasteiger partial charge in [-0.15, -0.1) is 0 Å². The largest absolute Gasteiger partial charge is 0.452 e. The second kappa shape index (κ2) is 9.36. The Kier molecular flexibility index (Phi) is 7.18. The van der Waals surface area contributed by atoms with Crippen molar-refractivity contribution in [3.8, 4) is 0 Å². The highest BCUT2D eigenvalue weighted by atomic mass is 16.5. The zero-order valence-electron chi connectivity index (χ0n) is 15.8. The standard InChI is InChI=1S/C20H28N2O4/c1-14(2)22(18-10-5-4-6-11-18)19(24)13-26-20(25)16-8-7-9-17(12-16)21-15(3)23/h7-9,12,14,18H,4-6,10-11,13H2,1-3H3,(H,21,23). The van der Waals surface area contributed by atoms with E-state index >= 15 is 0 Å². The molecule has 1 aliphatic carbocycles. The second-order valence-corrected chi connectivity index (χ2v) is 7.02. The number of carbonyl (C=O) groups excluding carboxylic acids is 3. The molecule has 1 fully saturated rings. The van der Waals surface area contributed by atoms with E-state index in [0.717, 1.165) is 25.7 Å². The Bertz CT molecular complexity index is 651. The quantitative estimate of drug-likeness (QED) is 0.789. The predicted molar refractivity (Wildman–Crippen MR) is 99.9 cm³/mol. The van der Waals surface area contributed by atoms with E-state index in [0.29, 0.717) is 11.3 Å². The minimum Gasteiger partial charge on any atom is -0.452 e. The van der Waals surface area contributed by atoms with Crippen LogP contribution >= 0.6 is 0 Å². The third-order valence-corrected chi connectivity index (χ3v) is 4.56. The molecule has 0 spiro atoms. The molecule has 0 saturated heterocycles. The van der Waals surface area contributed by atoms with Gasteiger partial charge in [0.25, 0.3) is 5.91 Å². The molecule has 6 nitrogen and oxygen atoms in total. The van der Waals surface area contributed by atoms with Crippen molar-refractivity contribution in [2.45, 2.75) is 65.0 Å². The molecule has 1 aromatic rings. The number of carbonyl (C=O) groups is 3. The zero-order chi connectivity index (χ0) is 19.1. The Labute approximate surface area is 154 Å². The monoisotopic (exact) mass is 360 g/mol. The molecule has 0 radical (unpaired) electrons. The van der Waals surface area contributed by atoms with Crippen LogP contribution in [0.2, 0.25) is 0 Å². The lowest BCUT2D eigenvalue weighted by molar-refractivity contribution is -0.139. The molecule has 142 valence electrons. The molecule has 6 heteroatoms. The van der Waals surface area contributed by atoms with Crippen LogP contribution in [0.5, 0.6) is 0 Å². The minimum absolute atomic E-state index is 0.0763. The number of nitrogens with one attached hydrogen (secondary N) is 1. The number of benzene rings is 1. The van der Waals surface area contributed by atoms with E-state index in [-0.39, 0.29) is 30.5 Å². The van der Waals surface area contributed by atoms with E-state index in [9.17, 15) is 14.4 Å². The molecular formula is C20H28N2O4. The molecule has 1 aromatic carbocycles. The summed E-state index contributed by atoms with van der Waals surface area (Å²) in [4.78, 5) is 37.9. The molecule has 1 N–H and O–H groups in total. The van der Waals surface area contributed by atoms with Gasteiger partial charge in [-0.3, -0.25) is 9.59 Å². The van der Waals surface area contributed by atoms with E-state index in [1.807, 2.05) is 18.7 Å². The number of hydrogen-bond donors (Lipinski definition) is 1. The van der Waals surface area contributed by atoms with E-state index in [4.69, 9.17) is 4.74 Å². The molecule has 2 rings (SSSR count). The molecular weight excluding hydrogens is 332 g/mol. The van der Waals surface area contributed by atoms with Crippen molar-refractivity contribution in [1.29, 1.82) is 0 Å². The number of ether oxygens (including phenoxy) is 1. The molecule has 0 atom stereocenters. The maximum absolute atomic E-state index is 12.6. The topological polar surface area (TPSA) is 75.7 Å². The molecule has 1 saturated carbocycles. The first-order valence-electron chi connectivity index (χ1n) is 9.24. The lowest BCUT2D eigenvalue weighted by atomic mass is 9.93. The molecule has 0 unspecified atom stereocenters. The third kappa shape index (κ3) is 5.58. The van der Waals surface area contributed by atoms with Gasteiger partial charge in [0.15, 0.2) is 6.61 Å². The molecule has 0 bridgehead atoms. The summed E-state index contributed by atoms with van der Waals surface area (Å²) in [6.45, 7) is 5.11. The van der Waals surface area contributed by atoms with Gasteiger partial charge in [0.2, 0.25) is 5.91 Å². The molecule has 2 amide bonds. The van der Waals surface area contributed by atoms with Gasteiger partial charge in [-0.05, 0) is 44.9 Å². The molecule has 0 aliphatic heterocycles. The van der Waals surface area contributed by atoms with Crippen molar-refractivity contribution in [2.24, 2.45) is 0 Å². The summed E-state index contributed by atoms with van der Waals surface area (Å²) in [7, 11) is 0. The number of rotatable bonds is 6. The summed E-state index contributed by atoms with van der Waals surface area (Å²) >= 11 is 0. The predicted octanol–water partition coefficient (Wildman–Crippen LogP) is 3.37. The van der Waals surface area contributed by atoms with Gasteiger partial charge >= 0.3 is 5.97 Å². The van der Waals surface area contributed by atoms with Crippen LogP contribution in [0.15, 0.2) is 24.3 Å². The van der Waals surface area contributed by atoms with Crippen molar-refractivity contribution in [2.75, 3.05) is 11.9 Å². The van der Waals surface area contributed by atoms with Crippen LogP contribution in [0.3, 0.4) is 0 Å². The van der Waals surface area contributed by atoms with Gasteiger partial charge < -0.3 is 15.0 Å². The Morgan fingerprint density at radius 3 is 2.50 bits per heavy atom. The van der Waals surface area contributed by atoms with Crippen LogP contribution < -0.4 is 5.32 Å². The number of nitrogens with zero attached hydrogens (tertiary/aromatic N) is 1. The van der Waals surface area contributed by atoms with Crippen LogP contribution in [0, 0.1) is 0 Å². The highest BCUT2D eigenvalue weighted by Gasteiger charge is 2.28. The van der Waals surface area contributed by atoms with Gasteiger partial charge in [0.1, 0.15) is 0 Å². The molecule has 26 heavy (non-hydrogen) atoms. The van der Waals surface area contributed by atoms with Crippen molar-refractivity contribution in [1.82, 2.24) is 4.90 Å². The van der Waals surface area contributed by atoms with Crippen LogP contribution in [0.1, 0.15) is 63.2 Å². The fraction of sp³-hybridized carbons (Fsp3) is 0.550. The Hall–Kier alpha value is -2.37.